The van der Waals surface area contributed by atoms with E-state index in [0.717, 1.165) is 12.8 Å². The van der Waals surface area contributed by atoms with Crippen LogP contribution in [0.15, 0.2) is 27.8 Å². The minimum Gasteiger partial charge on any atom is -0.381 e. The second-order valence-corrected chi connectivity index (χ2v) is 5.18. The number of aromatic amines is 2. The lowest BCUT2D eigenvalue weighted by Crippen LogP contribution is -2.33. The molecule has 0 saturated carbocycles. The number of benzene rings is 1. The molecule has 0 radical (unpaired) electrons. The Morgan fingerprint density at radius 3 is 2.85 bits per heavy atom. The van der Waals surface area contributed by atoms with Gasteiger partial charge in [0.25, 0.3) is 11.1 Å². The van der Waals surface area contributed by atoms with Crippen molar-refractivity contribution in [2.45, 2.75) is 31.9 Å². The summed E-state index contributed by atoms with van der Waals surface area (Å²) in [7, 11) is 0. The molecule has 6 nitrogen and oxygen atoms in total. The zero-order valence-corrected chi connectivity index (χ0v) is 11.2. The second kappa shape index (κ2) is 5.13. The Morgan fingerprint density at radius 1 is 1.25 bits per heavy atom. The van der Waals surface area contributed by atoms with Crippen LogP contribution in [0.25, 0.3) is 10.8 Å². The molecular weight excluding hydrogens is 258 g/mol. The minimum atomic E-state index is -0.289. The van der Waals surface area contributed by atoms with Crippen molar-refractivity contribution >= 4 is 16.5 Å². The summed E-state index contributed by atoms with van der Waals surface area (Å²) in [5.74, 6) is 0. The number of H-pyrrole nitrogens is 2. The highest BCUT2D eigenvalue weighted by molar-refractivity contribution is 5.92. The van der Waals surface area contributed by atoms with Crippen LogP contribution < -0.4 is 16.4 Å². The van der Waals surface area contributed by atoms with Gasteiger partial charge in [-0.1, -0.05) is 6.07 Å². The van der Waals surface area contributed by atoms with Gasteiger partial charge in [0, 0.05) is 18.3 Å². The average Bonchev–Trinajstić information content (AvgIpc) is 2.43. The molecule has 0 spiro atoms. The molecule has 1 fully saturated rings. The minimum absolute atomic E-state index is 0.206. The van der Waals surface area contributed by atoms with Gasteiger partial charge in [-0.15, -0.1) is 0 Å². The van der Waals surface area contributed by atoms with Crippen molar-refractivity contribution in [3.05, 3.63) is 38.9 Å². The topological polar surface area (TPSA) is 87.0 Å². The van der Waals surface area contributed by atoms with E-state index in [2.05, 4.69) is 15.5 Å². The van der Waals surface area contributed by atoms with E-state index < -0.39 is 0 Å². The molecule has 0 bridgehead atoms. The van der Waals surface area contributed by atoms with E-state index >= 15 is 0 Å². The molecular formula is C14H17N3O3. The van der Waals surface area contributed by atoms with Gasteiger partial charge in [-0.3, -0.25) is 19.8 Å². The Labute approximate surface area is 115 Å². The summed E-state index contributed by atoms with van der Waals surface area (Å²) in [4.78, 5) is 23.7. The molecule has 1 saturated heterocycles. The van der Waals surface area contributed by atoms with Crippen molar-refractivity contribution in [3.8, 4) is 0 Å². The molecule has 0 aliphatic carbocycles. The molecule has 2 unspecified atom stereocenters. The van der Waals surface area contributed by atoms with Crippen molar-refractivity contribution in [1.29, 1.82) is 0 Å². The third-order valence-electron chi connectivity index (χ3n) is 3.67. The SMILES string of the molecule is CC1CC(Nc2cccc3c(=O)[nH][nH]c(=O)c23)CCO1. The quantitative estimate of drug-likeness (QED) is 0.768. The number of anilines is 1. The van der Waals surface area contributed by atoms with Gasteiger partial charge in [0.15, 0.2) is 0 Å². The second-order valence-electron chi connectivity index (χ2n) is 5.18. The van der Waals surface area contributed by atoms with Gasteiger partial charge < -0.3 is 10.1 Å². The fourth-order valence-electron chi connectivity index (χ4n) is 2.70. The van der Waals surface area contributed by atoms with Gasteiger partial charge in [0.05, 0.1) is 16.9 Å². The van der Waals surface area contributed by atoms with E-state index in [1.807, 2.05) is 13.0 Å². The number of hydrogen-bond acceptors (Lipinski definition) is 4. The largest absolute Gasteiger partial charge is 0.381 e. The lowest BCUT2D eigenvalue weighted by atomic mass is 10.0. The molecule has 2 heterocycles. The van der Waals surface area contributed by atoms with Gasteiger partial charge >= 0.3 is 0 Å². The average molecular weight is 275 g/mol. The number of ether oxygens (including phenoxy) is 1. The van der Waals surface area contributed by atoms with Crippen LogP contribution in [0.5, 0.6) is 0 Å². The van der Waals surface area contributed by atoms with Crippen molar-refractivity contribution in [3.63, 3.8) is 0 Å². The number of hydrogen-bond donors (Lipinski definition) is 3. The third-order valence-corrected chi connectivity index (χ3v) is 3.67. The molecule has 1 aromatic heterocycles. The molecule has 20 heavy (non-hydrogen) atoms. The van der Waals surface area contributed by atoms with E-state index in [1.54, 1.807) is 12.1 Å². The van der Waals surface area contributed by atoms with Crippen LogP contribution in [0.4, 0.5) is 5.69 Å². The monoisotopic (exact) mass is 275 g/mol. The number of rotatable bonds is 2. The summed E-state index contributed by atoms with van der Waals surface area (Å²) >= 11 is 0. The molecule has 1 aliphatic rings. The van der Waals surface area contributed by atoms with Crippen LogP contribution in [-0.2, 0) is 4.74 Å². The maximum absolute atomic E-state index is 12.0. The van der Waals surface area contributed by atoms with Crippen LogP contribution >= 0.6 is 0 Å². The molecule has 2 aromatic rings. The summed E-state index contributed by atoms with van der Waals surface area (Å²) in [5, 5.41) is 8.89. The number of aromatic nitrogens is 2. The first-order valence-electron chi connectivity index (χ1n) is 6.77. The van der Waals surface area contributed by atoms with Crippen LogP contribution in [0.1, 0.15) is 19.8 Å². The van der Waals surface area contributed by atoms with E-state index in [9.17, 15) is 9.59 Å². The Kier molecular flexibility index (Phi) is 3.31. The predicted molar refractivity (Wildman–Crippen MR) is 77.2 cm³/mol. The highest BCUT2D eigenvalue weighted by atomic mass is 16.5. The Morgan fingerprint density at radius 2 is 2.05 bits per heavy atom. The van der Waals surface area contributed by atoms with E-state index in [0.29, 0.717) is 23.1 Å². The first kappa shape index (κ1) is 12.9. The van der Waals surface area contributed by atoms with Crippen LogP contribution in [0, 0.1) is 0 Å². The molecule has 3 N–H and O–H groups in total. The van der Waals surface area contributed by atoms with Gasteiger partial charge in [-0.25, -0.2) is 0 Å². The molecule has 2 atom stereocenters. The first-order valence-corrected chi connectivity index (χ1v) is 6.77. The van der Waals surface area contributed by atoms with E-state index in [4.69, 9.17) is 4.74 Å². The Hall–Kier alpha value is -2.08. The fraction of sp³-hybridized carbons (Fsp3) is 0.429. The predicted octanol–water partition coefficient (Wildman–Crippen LogP) is 1.20. The number of nitrogens with one attached hydrogen (secondary N) is 3. The summed E-state index contributed by atoms with van der Waals surface area (Å²) in [6, 6.07) is 5.52. The Balaban J connectivity index is 2.01. The molecule has 106 valence electrons. The third kappa shape index (κ3) is 2.34. The lowest BCUT2D eigenvalue weighted by Gasteiger charge is -2.29. The van der Waals surface area contributed by atoms with Crippen LogP contribution in [0.2, 0.25) is 0 Å². The van der Waals surface area contributed by atoms with E-state index in [1.165, 1.54) is 0 Å². The summed E-state index contributed by atoms with van der Waals surface area (Å²) in [6.07, 6.45) is 1.98. The molecule has 3 rings (SSSR count). The van der Waals surface area contributed by atoms with Gasteiger partial charge in [0.1, 0.15) is 0 Å². The smallest absolute Gasteiger partial charge is 0.272 e. The zero-order chi connectivity index (χ0) is 14.1. The molecule has 1 aliphatic heterocycles. The maximum atomic E-state index is 12.0. The lowest BCUT2D eigenvalue weighted by molar-refractivity contribution is 0.0232. The highest BCUT2D eigenvalue weighted by Crippen LogP contribution is 2.22. The molecule has 1 aromatic carbocycles. The van der Waals surface area contributed by atoms with Crippen molar-refractivity contribution in [2.75, 3.05) is 11.9 Å². The van der Waals surface area contributed by atoms with Gasteiger partial charge in [-0.2, -0.15) is 0 Å². The van der Waals surface area contributed by atoms with Crippen molar-refractivity contribution < 1.29 is 4.74 Å². The Bertz CT molecular complexity index is 734. The maximum Gasteiger partial charge on any atom is 0.272 e. The van der Waals surface area contributed by atoms with Gasteiger partial charge in [-0.05, 0) is 31.9 Å². The molecule has 6 heteroatoms. The first-order chi connectivity index (χ1) is 9.65. The summed E-state index contributed by atoms with van der Waals surface area (Å²) in [6.45, 7) is 2.75. The standard InChI is InChI=1S/C14H17N3O3/c1-8-7-9(5-6-20-8)15-11-4-2-3-10-12(11)14(19)17-16-13(10)18/h2-4,8-9,15H,5-7H2,1H3,(H,16,18)(H,17,19). The van der Waals surface area contributed by atoms with Crippen molar-refractivity contribution in [1.82, 2.24) is 10.2 Å². The van der Waals surface area contributed by atoms with Gasteiger partial charge in [0.2, 0.25) is 0 Å². The molecule has 0 amide bonds. The summed E-state index contributed by atoms with van der Waals surface area (Å²) < 4.78 is 5.51. The zero-order valence-electron chi connectivity index (χ0n) is 11.2. The fourth-order valence-corrected chi connectivity index (χ4v) is 2.70. The normalized spacial score (nSPS) is 22.9. The number of fused-ring (bicyclic) bond motifs is 1. The highest BCUT2D eigenvalue weighted by Gasteiger charge is 2.20. The van der Waals surface area contributed by atoms with Crippen LogP contribution in [-0.4, -0.2) is 29.0 Å². The van der Waals surface area contributed by atoms with Crippen LogP contribution in [0.3, 0.4) is 0 Å². The van der Waals surface area contributed by atoms with Crippen molar-refractivity contribution in [2.24, 2.45) is 0 Å². The summed E-state index contributed by atoms with van der Waals surface area (Å²) in [5.41, 5.74) is 0.125. The van der Waals surface area contributed by atoms with E-state index in [-0.39, 0.29) is 23.3 Å².